The molecule has 0 unspecified atom stereocenters. The normalized spacial score (nSPS) is 10.4. The number of rotatable bonds is 5. The molecule has 116 valence electrons. The molecule has 0 atom stereocenters. The van der Waals surface area contributed by atoms with Crippen LogP contribution in [-0.2, 0) is 6.54 Å². The Morgan fingerprint density at radius 1 is 1.32 bits per heavy atom. The van der Waals surface area contributed by atoms with Crippen LogP contribution in [0.4, 0.5) is 8.78 Å². The molecule has 22 heavy (non-hydrogen) atoms. The predicted molar refractivity (Wildman–Crippen MR) is 77.6 cm³/mol. The van der Waals surface area contributed by atoms with E-state index in [-0.39, 0.29) is 17.8 Å². The predicted octanol–water partition coefficient (Wildman–Crippen LogP) is 3.03. The first-order chi connectivity index (χ1) is 10.5. The fourth-order valence-corrected chi connectivity index (χ4v) is 1.98. The third-order valence-corrected chi connectivity index (χ3v) is 3.04. The summed E-state index contributed by atoms with van der Waals surface area (Å²) in [5.41, 5.74) is 0.389. The summed E-state index contributed by atoms with van der Waals surface area (Å²) < 4.78 is 31.9. The minimum Gasteiger partial charge on any atom is -0.491 e. The van der Waals surface area contributed by atoms with Crippen LogP contribution < -0.4 is 4.74 Å². The summed E-state index contributed by atoms with van der Waals surface area (Å²) in [6.07, 6.45) is 1.49. The molecule has 1 aromatic heterocycles. The van der Waals surface area contributed by atoms with Gasteiger partial charge >= 0.3 is 0 Å². The molecule has 0 aliphatic rings. The molecule has 1 amide bonds. The van der Waals surface area contributed by atoms with E-state index < -0.39 is 17.5 Å². The van der Waals surface area contributed by atoms with E-state index in [1.54, 1.807) is 19.1 Å². The number of hydrogen-bond acceptors (Lipinski definition) is 3. The lowest BCUT2D eigenvalue weighted by molar-refractivity contribution is 0.0773. The van der Waals surface area contributed by atoms with Crippen molar-refractivity contribution in [3.8, 4) is 5.75 Å². The van der Waals surface area contributed by atoms with Gasteiger partial charge in [-0.3, -0.25) is 4.79 Å². The van der Waals surface area contributed by atoms with Gasteiger partial charge in [0.25, 0.3) is 5.91 Å². The maximum absolute atomic E-state index is 13.7. The fourth-order valence-electron chi connectivity index (χ4n) is 1.98. The Hall–Kier alpha value is -2.50. The molecule has 0 radical (unpaired) electrons. The van der Waals surface area contributed by atoms with E-state index in [1.807, 2.05) is 0 Å². The lowest BCUT2D eigenvalue weighted by Gasteiger charge is -2.18. The third-order valence-electron chi connectivity index (χ3n) is 3.04. The van der Waals surface area contributed by atoms with Gasteiger partial charge in [-0.25, -0.2) is 13.8 Å². The van der Waals surface area contributed by atoms with E-state index in [9.17, 15) is 13.6 Å². The van der Waals surface area contributed by atoms with Gasteiger partial charge in [0.05, 0.1) is 6.61 Å². The molecule has 1 heterocycles. The number of carbonyl (C=O) groups is 1. The van der Waals surface area contributed by atoms with Crippen LogP contribution in [0.15, 0.2) is 36.5 Å². The van der Waals surface area contributed by atoms with E-state index in [0.717, 1.165) is 12.1 Å². The summed E-state index contributed by atoms with van der Waals surface area (Å²) in [5.74, 6) is -1.36. The second kappa shape index (κ2) is 6.98. The highest BCUT2D eigenvalue weighted by molar-refractivity contribution is 5.94. The summed E-state index contributed by atoms with van der Waals surface area (Å²) >= 11 is 0. The Kier molecular flexibility index (Phi) is 5.04. The number of pyridine rings is 1. The lowest BCUT2D eigenvalue weighted by Crippen LogP contribution is -2.28. The number of ether oxygens (including phenoxy) is 1. The van der Waals surface area contributed by atoms with Gasteiger partial charge in [-0.2, -0.15) is 0 Å². The van der Waals surface area contributed by atoms with Crippen molar-refractivity contribution in [2.45, 2.75) is 13.5 Å². The topological polar surface area (TPSA) is 42.4 Å². The van der Waals surface area contributed by atoms with Crippen molar-refractivity contribution in [2.24, 2.45) is 0 Å². The van der Waals surface area contributed by atoms with Crippen molar-refractivity contribution in [3.63, 3.8) is 0 Å². The molecule has 2 rings (SSSR count). The molecule has 6 heteroatoms. The standard InChI is InChI=1S/C16H16F2N2O2/c1-3-22-14-5-4-8-19-15(14)16(21)20(2)10-11-6-7-12(17)9-13(11)18/h4-9H,3,10H2,1-2H3. The van der Waals surface area contributed by atoms with Gasteiger partial charge in [-0.05, 0) is 25.1 Å². The SMILES string of the molecule is CCOc1cccnc1C(=O)N(C)Cc1ccc(F)cc1F. The van der Waals surface area contributed by atoms with Gasteiger partial charge in [-0.15, -0.1) is 0 Å². The summed E-state index contributed by atoms with van der Waals surface area (Å²) in [6, 6.07) is 6.58. The number of halogens is 2. The van der Waals surface area contributed by atoms with E-state index in [1.165, 1.54) is 24.2 Å². The molecule has 0 spiro atoms. The molecule has 0 N–H and O–H groups in total. The van der Waals surface area contributed by atoms with Crippen molar-refractivity contribution in [1.29, 1.82) is 0 Å². The highest BCUT2D eigenvalue weighted by atomic mass is 19.1. The minimum absolute atomic E-state index is 0.00703. The van der Waals surface area contributed by atoms with Crippen molar-refractivity contribution in [2.75, 3.05) is 13.7 Å². The van der Waals surface area contributed by atoms with Gasteiger partial charge in [0, 0.05) is 31.4 Å². The molecule has 0 aliphatic heterocycles. The number of carbonyl (C=O) groups excluding carboxylic acids is 1. The van der Waals surface area contributed by atoms with Gasteiger partial charge in [0.2, 0.25) is 0 Å². The zero-order valence-corrected chi connectivity index (χ0v) is 12.3. The molecular weight excluding hydrogens is 290 g/mol. The van der Waals surface area contributed by atoms with Crippen LogP contribution in [0.1, 0.15) is 23.0 Å². The Morgan fingerprint density at radius 2 is 2.09 bits per heavy atom. The highest BCUT2D eigenvalue weighted by Gasteiger charge is 2.19. The first-order valence-electron chi connectivity index (χ1n) is 6.80. The maximum atomic E-state index is 13.7. The van der Waals surface area contributed by atoms with Crippen molar-refractivity contribution in [3.05, 3.63) is 59.4 Å². The third kappa shape index (κ3) is 3.58. The van der Waals surface area contributed by atoms with Crippen LogP contribution in [0, 0.1) is 11.6 Å². The molecular formula is C16H16F2N2O2. The van der Waals surface area contributed by atoms with E-state index in [0.29, 0.717) is 12.4 Å². The fraction of sp³-hybridized carbons (Fsp3) is 0.250. The Bertz CT molecular complexity index is 677. The van der Waals surface area contributed by atoms with Crippen LogP contribution in [0.25, 0.3) is 0 Å². The van der Waals surface area contributed by atoms with Crippen LogP contribution in [-0.4, -0.2) is 29.4 Å². The molecule has 0 fully saturated rings. The molecule has 0 saturated carbocycles. The number of nitrogens with zero attached hydrogens (tertiary/aromatic N) is 2. The van der Waals surface area contributed by atoms with Crippen LogP contribution >= 0.6 is 0 Å². The minimum atomic E-state index is -0.689. The van der Waals surface area contributed by atoms with E-state index in [4.69, 9.17) is 4.74 Å². The number of hydrogen-bond donors (Lipinski definition) is 0. The van der Waals surface area contributed by atoms with E-state index >= 15 is 0 Å². The quantitative estimate of drug-likeness (QED) is 0.852. The summed E-state index contributed by atoms with van der Waals surface area (Å²) in [5, 5.41) is 0. The van der Waals surface area contributed by atoms with Gasteiger partial charge in [-0.1, -0.05) is 6.07 Å². The second-order valence-electron chi connectivity index (χ2n) is 4.68. The van der Waals surface area contributed by atoms with Crippen LogP contribution in [0.3, 0.4) is 0 Å². The number of aromatic nitrogens is 1. The van der Waals surface area contributed by atoms with Crippen LogP contribution in [0.2, 0.25) is 0 Å². The van der Waals surface area contributed by atoms with Crippen molar-refractivity contribution >= 4 is 5.91 Å². The Morgan fingerprint density at radius 3 is 2.77 bits per heavy atom. The molecule has 1 aromatic carbocycles. The Labute approximate surface area is 127 Å². The van der Waals surface area contributed by atoms with Gasteiger partial charge in [0.1, 0.15) is 11.6 Å². The highest BCUT2D eigenvalue weighted by Crippen LogP contribution is 2.19. The Balaban J connectivity index is 2.19. The molecule has 2 aromatic rings. The largest absolute Gasteiger partial charge is 0.491 e. The monoisotopic (exact) mass is 306 g/mol. The van der Waals surface area contributed by atoms with Gasteiger partial charge < -0.3 is 9.64 Å². The van der Waals surface area contributed by atoms with Gasteiger partial charge in [0.15, 0.2) is 11.4 Å². The summed E-state index contributed by atoms with van der Waals surface area (Å²) in [7, 11) is 1.52. The first-order valence-corrected chi connectivity index (χ1v) is 6.80. The second-order valence-corrected chi connectivity index (χ2v) is 4.68. The average Bonchev–Trinajstić information content (AvgIpc) is 2.50. The molecule has 0 saturated heterocycles. The lowest BCUT2D eigenvalue weighted by atomic mass is 10.2. The number of amides is 1. The maximum Gasteiger partial charge on any atom is 0.276 e. The summed E-state index contributed by atoms with van der Waals surface area (Å²) in [4.78, 5) is 17.7. The molecule has 0 aliphatic carbocycles. The smallest absolute Gasteiger partial charge is 0.276 e. The summed E-state index contributed by atoms with van der Waals surface area (Å²) in [6.45, 7) is 2.22. The van der Waals surface area contributed by atoms with Crippen molar-refractivity contribution in [1.82, 2.24) is 9.88 Å². The zero-order chi connectivity index (χ0) is 16.1. The molecule has 4 nitrogen and oxygen atoms in total. The first kappa shape index (κ1) is 15.9. The van der Waals surface area contributed by atoms with E-state index in [2.05, 4.69) is 4.98 Å². The average molecular weight is 306 g/mol. The zero-order valence-electron chi connectivity index (χ0n) is 12.3. The number of benzene rings is 1. The van der Waals surface area contributed by atoms with Crippen LogP contribution in [0.5, 0.6) is 5.75 Å². The van der Waals surface area contributed by atoms with Crippen molar-refractivity contribution < 1.29 is 18.3 Å². The molecule has 0 bridgehead atoms.